The Morgan fingerprint density at radius 3 is 2.36 bits per heavy atom. The zero-order valence-corrected chi connectivity index (χ0v) is 14.8. The minimum absolute atomic E-state index is 0. The third kappa shape index (κ3) is 4.68. The first-order chi connectivity index (χ1) is 5.69. The van der Waals surface area contributed by atoms with Crippen molar-refractivity contribution in [2.45, 2.75) is 45.5 Å². The zero-order chi connectivity index (χ0) is 9.14. The molecule has 14 heavy (non-hydrogen) atoms. The van der Waals surface area contributed by atoms with E-state index in [0.717, 1.165) is 6.42 Å². The van der Waals surface area contributed by atoms with Crippen LogP contribution in [-0.4, -0.2) is 30.9 Å². The van der Waals surface area contributed by atoms with Crippen molar-refractivity contribution in [2.24, 2.45) is 5.92 Å². The largest absolute Gasteiger partial charge is 1.00 e. The molecule has 0 amide bonds. The fraction of sp³-hybridized carbons (Fsp3) is 0.900. The normalized spacial score (nSPS) is 36.9. The topological polar surface area (TPSA) is 48.5 Å². The number of rotatable bonds is 2. The van der Waals surface area contributed by atoms with Crippen molar-refractivity contribution in [2.75, 3.05) is 7.11 Å². The monoisotopic (exact) mass is 273 g/mol. The van der Waals surface area contributed by atoms with E-state index >= 15 is 0 Å². The second-order valence-electron chi connectivity index (χ2n) is 3.54. The van der Waals surface area contributed by atoms with Crippen LogP contribution in [0.15, 0.2) is 0 Å². The summed E-state index contributed by atoms with van der Waals surface area (Å²) in [6.07, 6.45) is 4.04. The number of hydrogen-bond acceptors (Lipinski definition) is 3. The fourth-order valence-corrected chi connectivity index (χ4v) is 1.62. The van der Waals surface area contributed by atoms with E-state index in [1.807, 2.05) is 0 Å². The maximum atomic E-state index is 5.79. The standard InChI is InChI=1S/C10H19O2.H2O.Rb/c1-5-9-10(11-4)6-7(2)8(3)12-9;;/h6-10H,5H2,1-4H3;1H2;/q-1;;+1/p-1. The molecule has 0 radical (unpaired) electrons. The molecule has 1 N–H and O–H groups in total. The van der Waals surface area contributed by atoms with Crippen molar-refractivity contribution < 1.29 is 73.1 Å². The van der Waals surface area contributed by atoms with E-state index in [2.05, 4.69) is 27.2 Å². The predicted octanol–water partition coefficient (Wildman–Crippen LogP) is -1.13. The van der Waals surface area contributed by atoms with E-state index in [-0.39, 0.29) is 75.9 Å². The van der Waals surface area contributed by atoms with E-state index in [1.165, 1.54) is 0 Å². The molecule has 0 aromatic heterocycles. The molecule has 1 fully saturated rings. The Hall–Kier alpha value is 1.69. The Morgan fingerprint density at radius 1 is 1.36 bits per heavy atom. The van der Waals surface area contributed by atoms with Crippen molar-refractivity contribution in [3.05, 3.63) is 6.42 Å². The van der Waals surface area contributed by atoms with Gasteiger partial charge in [0.25, 0.3) is 0 Å². The molecule has 0 bridgehead atoms. The molecule has 1 rings (SSSR count). The van der Waals surface area contributed by atoms with Crippen molar-refractivity contribution in [3.63, 3.8) is 0 Å². The maximum Gasteiger partial charge on any atom is 1.00 e. The van der Waals surface area contributed by atoms with Gasteiger partial charge in [-0.1, -0.05) is 13.8 Å². The molecule has 0 saturated carbocycles. The molecule has 3 nitrogen and oxygen atoms in total. The third-order valence-corrected chi connectivity index (χ3v) is 2.66. The summed E-state index contributed by atoms with van der Waals surface area (Å²) in [6, 6.07) is 0. The van der Waals surface area contributed by atoms with Gasteiger partial charge in [-0.3, -0.25) is 6.42 Å². The average Bonchev–Trinajstić information content (AvgIpc) is 2.09. The summed E-state index contributed by atoms with van der Waals surface area (Å²) < 4.78 is 11.1. The number of ether oxygens (including phenoxy) is 2. The number of methoxy groups -OCH3 is 1. The van der Waals surface area contributed by atoms with E-state index in [4.69, 9.17) is 9.47 Å². The van der Waals surface area contributed by atoms with E-state index in [1.54, 1.807) is 7.11 Å². The molecule has 4 unspecified atom stereocenters. The van der Waals surface area contributed by atoms with E-state index < -0.39 is 0 Å². The van der Waals surface area contributed by atoms with Gasteiger partial charge in [0, 0.05) is 13.2 Å². The van der Waals surface area contributed by atoms with Crippen LogP contribution in [0.2, 0.25) is 0 Å². The second kappa shape index (κ2) is 8.79. The minimum atomic E-state index is 0. The maximum absolute atomic E-state index is 5.79. The van der Waals surface area contributed by atoms with Crippen LogP contribution < -0.4 is 58.2 Å². The molecule has 1 aliphatic heterocycles. The summed E-state index contributed by atoms with van der Waals surface area (Å²) in [5.74, 6) is 0.498. The predicted molar refractivity (Wildman–Crippen MR) is 50.8 cm³/mol. The van der Waals surface area contributed by atoms with Crippen LogP contribution >= 0.6 is 0 Å². The Kier molecular flexibility index (Phi) is 11.3. The average molecular weight is 274 g/mol. The zero-order valence-electron chi connectivity index (χ0n) is 9.86. The van der Waals surface area contributed by atoms with Gasteiger partial charge in [0.15, 0.2) is 0 Å². The van der Waals surface area contributed by atoms with Gasteiger partial charge >= 0.3 is 58.2 Å². The Morgan fingerprint density at radius 2 is 1.93 bits per heavy atom. The summed E-state index contributed by atoms with van der Waals surface area (Å²) in [7, 11) is 1.75. The molecule has 0 aromatic carbocycles. The SMILES string of the molecule is CCC1OC(C)C(C)[CH-]C1OC.[OH-].[Rb+]. The molecule has 80 valence electrons. The Bertz CT molecular complexity index is 127. The summed E-state index contributed by atoms with van der Waals surface area (Å²) in [4.78, 5) is 0. The van der Waals surface area contributed by atoms with Gasteiger partial charge in [-0.2, -0.15) is 0 Å². The molecular weight excluding hydrogens is 254 g/mol. The van der Waals surface area contributed by atoms with Crippen molar-refractivity contribution in [1.29, 1.82) is 0 Å². The first kappa shape index (κ1) is 18.1. The van der Waals surface area contributed by atoms with Crippen LogP contribution in [0, 0.1) is 12.3 Å². The van der Waals surface area contributed by atoms with Crippen LogP contribution in [0.5, 0.6) is 0 Å². The molecule has 1 heterocycles. The third-order valence-electron chi connectivity index (χ3n) is 2.66. The van der Waals surface area contributed by atoms with Gasteiger partial charge in [0.2, 0.25) is 0 Å². The summed E-state index contributed by atoms with van der Waals surface area (Å²) >= 11 is 0. The van der Waals surface area contributed by atoms with Crippen LogP contribution in [0.3, 0.4) is 0 Å². The van der Waals surface area contributed by atoms with Crippen LogP contribution in [-0.2, 0) is 9.47 Å². The molecular formula is C10H20O3Rb-. The summed E-state index contributed by atoms with van der Waals surface area (Å²) in [5, 5.41) is 0. The van der Waals surface area contributed by atoms with Crippen LogP contribution in [0.4, 0.5) is 0 Å². The first-order valence-corrected chi connectivity index (χ1v) is 4.72. The second-order valence-corrected chi connectivity index (χ2v) is 3.54. The van der Waals surface area contributed by atoms with Gasteiger partial charge in [-0.25, -0.2) is 0 Å². The molecule has 0 spiro atoms. The first-order valence-electron chi connectivity index (χ1n) is 4.72. The van der Waals surface area contributed by atoms with Crippen molar-refractivity contribution in [3.8, 4) is 0 Å². The van der Waals surface area contributed by atoms with Crippen LogP contribution in [0.25, 0.3) is 0 Å². The quantitative estimate of drug-likeness (QED) is 0.598. The van der Waals surface area contributed by atoms with E-state index in [9.17, 15) is 0 Å². The fourth-order valence-electron chi connectivity index (χ4n) is 1.62. The van der Waals surface area contributed by atoms with Crippen molar-refractivity contribution >= 4 is 0 Å². The Labute approximate surface area is 136 Å². The molecule has 1 saturated heterocycles. The smallest absolute Gasteiger partial charge is 0.870 e. The molecule has 4 atom stereocenters. The molecule has 1 aliphatic rings. The van der Waals surface area contributed by atoms with Gasteiger partial charge in [-0.05, 0) is 19.4 Å². The van der Waals surface area contributed by atoms with Crippen LogP contribution in [0.1, 0.15) is 27.2 Å². The van der Waals surface area contributed by atoms with E-state index in [0.29, 0.717) is 12.0 Å². The van der Waals surface area contributed by atoms with Gasteiger partial charge < -0.3 is 14.9 Å². The van der Waals surface area contributed by atoms with Crippen molar-refractivity contribution in [1.82, 2.24) is 0 Å². The minimum Gasteiger partial charge on any atom is -0.870 e. The van der Waals surface area contributed by atoms with Gasteiger partial charge in [0.1, 0.15) is 0 Å². The summed E-state index contributed by atoms with van der Waals surface area (Å²) in [6.45, 7) is 6.42. The molecule has 0 aliphatic carbocycles. The molecule has 4 heteroatoms. The Balaban J connectivity index is 0. The summed E-state index contributed by atoms with van der Waals surface area (Å²) in [5.41, 5.74) is 0. The van der Waals surface area contributed by atoms with Gasteiger partial charge in [0.05, 0.1) is 6.10 Å². The number of hydrogen-bond donors (Lipinski definition) is 0. The van der Waals surface area contributed by atoms with Gasteiger partial charge in [-0.15, -0.1) is 5.92 Å². The molecule has 0 aromatic rings.